The van der Waals surface area contributed by atoms with E-state index in [0.717, 1.165) is 16.8 Å². The number of hydrogen-bond acceptors (Lipinski definition) is 6. The van der Waals surface area contributed by atoms with E-state index in [0.29, 0.717) is 28.6 Å². The molecule has 0 aliphatic carbocycles. The number of amides is 1. The van der Waals surface area contributed by atoms with Crippen LogP contribution in [0.1, 0.15) is 21.5 Å². The molecule has 0 aromatic heterocycles. The summed E-state index contributed by atoms with van der Waals surface area (Å²) in [6, 6.07) is 17.8. The van der Waals surface area contributed by atoms with Crippen molar-refractivity contribution in [1.29, 1.82) is 0 Å². The molecule has 0 bridgehead atoms. The van der Waals surface area contributed by atoms with Gasteiger partial charge in [-0.15, -0.1) is 0 Å². The highest BCUT2D eigenvalue weighted by Crippen LogP contribution is 2.33. The number of benzene rings is 3. The number of fused-ring (bicyclic) bond motifs is 1. The van der Waals surface area contributed by atoms with E-state index in [1.807, 2.05) is 31.2 Å². The number of carbonyl (C=O) groups excluding carboxylic acids is 2. The number of anilines is 1. The minimum atomic E-state index is -0.273. The SMILES string of the molecule is COc1cc(/C=C/C(=O)c2ccc3c(c2)OCO3)ccc1OCC(=O)Nc1ccccc1C. The minimum absolute atomic E-state index is 0.157. The molecule has 1 N–H and O–H groups in total. The van der Waals surface area contributed by atoms with Crippen molar-refractivity contribution < 1.29 is 28.5 Å². The van der Waals surface area contributed by atoms with E-state index in [2.05, 4.69) is 5.32 Å². The summed E-state index contributed by atoms with van der Waals surface area (Å²) >= 11 is 0. The molecule has 168 valence electrons. The molecular weight excluding hydrogens is 422 g/mol. The first-order valence-electron chi connectivity index (χ1n) is 10.3. The molecule has 3 aromatic rings. The summed E-state index contributed by atoms with van der Waals surface area (Å²) in [6.07, 6.45) is 3.16. The standard InChI is InChI=1S/C26H23NO6/c1-17-5-3-4-6-20(17)27-26(29)15-31-22-11-8-18(13-24(22)30-2)7-10-21(28)19-9-12-23-25(14-19)33-16-32-23/h3-14H,15-16H2,1-2H3,(H,27,29)/b10-7+. The Morgan fingerprint density at radius 3 is 2.64 bits per heavy atom. The van der Waals surface area contributed by atoms with Crippen molar-refractivity contribution in [3.8, 4) is 23.0 Å². The molecule has 0 fully saturated rings. The lowest BCUT2D eigenvalue weighted by Crippen LogP contribution is -2.20. The van der Waals surface area contributed by atoms with E-state index in [-0.39, 0.29) is 25.1 Å². The van der Waals surface area contributed by atoms with Gasteiger partial charge in [-0.3, -0.25) is 9.59 Å². The van der Waals surface area contributed by atoms with Crippen molar-refractivity contribution in [2.75, 3.05) is 25.8 Å². The lowest BCUT2D eigenvalue weighted by molar-refractivity contribution is -0.118. The fourth-order valence-corrected chi connectivity index (χ4v) is 3.27. The first kappa shape index (κ1) is 22.0. The largest absolute Gasteiger partial charge is 0.493 e. The van der Waals surface area contributed by atoms with Crippen molar-refractivity contribution in [3.05, 3.63) is 83.4 Å². The van der Waals surface area contributed by atoms with E-state index >= 15 is 0 Å². The number of aryl methyl sites for hydroxylation is 1. The van der Waals surface area contributed by atoms with E-state index < -0.39 is 0 Å². The highest BCUT2D eigenvalue weighted by atomic mass is 16.7. The summed E-state index contributed by atoms with van der Waals surface area (Å²) in [7, 11) is 1.51. The summed E-state index contributed by atoms with van der Waals surface area (Å²) < 4.78 is 21.6. The Labute approximate surface area is 191 Å². The van der Waals surface area contributed by atoms with Crippen LogP contribution < -0.4 is 24.3 Å². The quantitative estimate of drug-likeness (QED) is 0.402. The zero-order chi connectivity index (χ0) is 23.2. The molecule has 33 heavy (non-hydrogen) atoms. The first-order valence-corrected chi connectivity index (χ1v) is 10.3. The van der Waals surface area contributed by atoms with Gasteiger partial charge in [-0.2, -0.15) is 0 Å². The second-order valence-electron chi connectivity index (χ2n) is 7.33. The Morgan fingerprint density at radius 2 is 1.82 bits per heavy atom. The monoisotopic (exact) mass is 445 g/mol. The van der Waals surface area contributed by atoms with Gasteiger partial charge in [0.2, 0.25) is 6.79 Å². The van der Waals surface area contributed by atoms with Crippen LogP contribution in [-0.2, 0) is 4.79 Å². The topological polar surface area (TPSA) is 83.1 Å². The summed E-state index contributed by atoms with van der Waals surface area (Å²) in [5, 5.41) is 2.82. The molecule has 1 amide bonds. The second-order valence-corrected chi connectivity index (χ2v) is 7.33. The number of para-hydroxylation sites is 1. The first-order chi connectivity index (χ1) is 16.0. The number of hydrogen-bond donors (Lipinski definition) is 1. The molecule has 1 heterocycles. The van der Waals surface area contributed by atoms with Gasteiger partial charge in [-0.1, -0.05) is 30.3 Å². The van der Waals surface area contributed by atoms with Crippen LogP contribution in [0.2, 0.25) is 0 Å². The van der Waals surface area contributed by atoms with Crippen LogP contribution >= 0.6 is 0 Å². The second kappa shape index (κ2) is 9.91. The molecule has 7 heteroatoms. The van der Waals surface area contributed by atoms with Gasteiger partial charge >= 0.3 is 0 Å². The average Bonchev–Trinajstić information content (AvgIpc) is 3.31. The summed E-state index contributed by atoms with van der Waals surface area (Å²) in [6.45, 7) is 1.91. The molecule has 7 nitrogen and oxygen atoms in total. The molecule has 1 aliphatic rings. The summed E-state index contributed by atoms with van der Waals surface area (Å²) in [4.78, 5) is 24.8. The minimum Gasteiger partial charge on any atom is -0.493 e. The third-order valence-corrected chi connectivity index (χ3v) is 5.05. The Bertz CT molecular complexity index is 1220. The number of nitrogens with one attached hydrogen (secondary N) is 1. The van der Waals surface area contributed by atoms with Crippen molar-refractivity contribution in [1.82, 2.24) is 0 Å². The maximum Gasteiger partial charge on any atom is 0.262 e. The molecular formula is C26H23NO6. The van der Waals surface area contributed by atoms with Gasteiger partial charge in [0, 0.05) is 11.3 Å². The summed E-state index contributed by atoms with van der Waals surface area (Å²) in [5.74, 6) is 1.63. The molecule has 0 atom stereocenters. The van der Waals surface area contributed by atoms with Crippen molar-refractivity contribution in [2.45, 2.75) is 6.92 Å². The third kappa shape index (κ3) is 5.33. The van der Waals surface area contributed by atoms with E-state index in [9.17, 15) is 9.59 Å². The lowest BCUT2D eigenvalue weighted by atomic mass is 10.1. The van der Waals surface area contributed by atoms with Crippen LogP contribution in [0.3, 0.4) is 0 Å². The molecule has 3 aromatic carbocycles. The van der Waals surface area contributed by atoms with E-state index in [1.54, 1.807) is 42.5 Å². The number of ketones is 1. The Balaban J connectivity index is 1.38. The Morgan fingerprint density at radius 1 is 1.00 bits per heavy atom. The number of carbonyl (C=O) groups is 2. The third-order valence-electron chi connectivity index (χ3n) is 5.05. The van der Waals surface area contributed by atoms with Crippen molar-refractivity contribution >= 4 is 23.5 Å². The maximum absolute atomic E-state index is 12.5. The maximum atomic E-state index is 12.5. The highest BCUT2D eigenvalue weighted by molar-refractivity contribution is 6.07. The molecule has 0 saturated heterocycles. The fraction of sp³-hybridized carbons (Fsp3) is 0.154. The van der Waals surface area contributed by atoms with Gasteiger partial charge in [0.25, 0.3) is 5.91 Å². The normalized spacial score (nSPS) is 11.9. The molecule has 4 rings (SSSR count). The average molecular weight is 445 g/mol. The van der Waals surface area contributed by atoms with Crippen LogP contribution in [0.25, 0.3) is 6.08 Å². The molecule has 1 aliphatic heterocycles. The van der Waals surface area contributed by atoms with Crippen LogP contribution in [0.15, 0.2) is 66.7 Å². The van der Waals surface area contributed by atoms with Crippen LogP contribution in [-0.4, -0.2) is 32.2 Å². The van der Waals surface area contributed by atoms with Crippen LogP contribution in [0.4, 0.5) is 5.69 Å². The van der Waals surface area contributed by atoms with Gasteiger partial charge in [0.15, 0.2) is 35.4 Å². The summed E-state index contributed by atoms with van der Waals surface area (Å²) in [5.41, 5.74) is 2.96. The van der Waals surface area contributed by atoms with Crippen molar-refractivity contribution in [2.24, 2.45) is 0 Å². The van der Waals surface area contributed by atoms with Gasteiger partial charge in [-0.05, 0) is 60.5 Å². The Kier molecular flexibility index (Phi) is 6.59. The van der Waals surface area contributed by atoms with Crippen LogP contribution in [0.5, 0.6) is 23.0 Å². The van der Waals surface area contributed by atoms with Gasteiger partial charge in [0.1, 0.15) is 0 Å². The molecule has 0 saturated carbocycles. The highest BCUT2D eigenvalue weighted by Gasteiger charge is 2.15. The predicted octanol–water partition coefficient (Wildman–Crippen LogP) is 4.65. The number of methoxy groups -OCH3 is 1. The smallest absolute Gasteiger partial charge is 0.262 e. The number of ether oxygens (including phenoxy) is 4. The van der Waals surface area contributed by atoms with E-state index in [1.165, 1.54) is 13.2 Å². The molecule has 0 radical (unpaired) electrons. The Hall–Kier alpha value is -4.26. The zero-order valence-corrected chi connectivity index (χ0v) is 18.3. The number of allylic oxidation sites excluding steroid dienone is 1. The van der Waals surface area contributed by atoms with Gasteiger partial charge in [-0.25, -0.2) is 0 Å². The lowest BCUT2D eigenvalue weighted by Gasteiger charge is -2.12. The van der Waals surface area contributed by atoms with Crippen LogP contribution in [0, 0.1) is 6.92 Å². The zero-order valence-electron chi connectivity index (χ0n) is 18.3. The molecule has 0 unspecified atom stereocenters. The van der Waals surface area contributed by atoms with E-state index in [4.69, 9.17) is 18.9 Å². The molecule has 0 spiro atoms. The fourth-order valence-electron chi connectivity index (χ4n) is 3.27. The number of rotatable bonds is 8. The predicted molar refractivity (Wildman–Crippen MR) is 124 cm³/mol. The van der Waals surface area contributed by atoms with Gasteiger partial charge < -0.3 is 24.3 Å². The van der Waals surface area contributed by atoms with Gasteiger partial charge in [0.05, 0.1) is 7.11 Å². The van der Waals surface area contributed by atoms with Crippen molar-refractivity contribution in [3.63, 3.8) is 0 Å².